The summed E-state index contributed by atoms with van der Waals surface area (Å²) in [7, 11) is 0. The van der Waals surface area contributed by atoms with Crippen LogP contribution in [0, 0.1) is 5.82 Å². The van der Waals surface area contributed by atoms with E-state index in [1.165, 1.54) is 17.0 Å². The number of nitrogens with zero attached hydrogens (tertiary/aromatic N) is 2. The lowest BCUT2D eigenvalue weighted by Gasteiger charge is -2.25. The van der Waals surface area contributed by atoms with Crippen molar-refractivity contribution < 1.29 is 14.0 Å². The van der Waals surface area contributed by atoms with E-state index in [1.807, 2.05) is 26.0 Å². The first-order valence-electron chi connectivity index (χ1n) is 9.45. The summed E-state index contributed by atoms with van der Waals surface area (Å²) in [6.45, 7) is 4.20. The molecule has 0 saturated heterocycles. The number of hydrogen-bond acceptors (Lipinski definition) is 4. The fraction of sp³-hybridized carbons (Fsp3) is 0.364. The van der Waals surface area contributed by atoms with Gasteiger partial charge >= 0.3 is 0 Å². The number of rotatable bonds is 7. The largest absolute Gasteiger partial charge is 0.616 e. The van der Waals surface area contributed by atoms with Gasteiger partial charge in [-0.25, -0.2) is 9.37 Å². The van der Waals surface area contributed by atoms with Crippen molar-refractivity contribution in [2.24, 2.45) is 0 Å². The van der Waals surface area contributed by atoms with Crippen molar-refractivity contribution in [3.05, 3.63) is 64.5 Å². The molecule has 3 rings (SSSR count). The van der Waals surface area contributed by atoms with E-state index >= 15 is 0 Å². The van der Waals surface area contributed by atoms with Crippen molar-refractivity contribution in [2.75, 3.05) is 12.9 Å². The topological polar surface area (TPSA) is 78.2 Å². The summed E-state index contributed by atoms with van der Waals surface area (Å²) in [6, 6.07) is 10.1. The van der Waals surface area contributed by atoms with Crippen LogP contribution in [0.15, 0.2) is 47.5 Å². The Labute approximate surface area is 172 Å². The van der Waals surface area contributed by atoms with E-state index in [0.717, 1.165) is 5.56 Å². The average Bonchev–Trinajstić information content (AvgIpc) is 2.68. The summed E-state index contributed by atoms with van der Waals surface area (Å²) in [5.41, 5.74) is 2.15. The van der Waals surface area contributed by atoms with Gasteiger partial charge in [0.05, 0.1) is 23.5 Å². The first-order chi connectivity index (χ1) is 13.7. The third-order valence-corrected chi connectivity index (χ3v) is 7.07. The van der Waals surface area contributed by atoms with Gasteiger partial charge in [0.1, 0.15) is 10.6 Å². The normalized spacial score (nSPS) is 13.0. The lowest BCUT2D eigenvalue weighted by molar-refractivity contribution is 0.299. The SMILES string of the molecule is C[S+]([O-])C(C)(C)CCn1cnc2cc(-c3ccc(CCO)cc3)c(F)cc2c1=O. The predicted molar refractivity (Wildman–Crippen MR) is 115 cm³/mol. The van der Waals surface area contributed by atoms with E-state index in [9.17, 15) is 13.7 Å². The molecule has 5 nitrogen and oxygen atoms in total. The second-order valence-corrected chi connectivity index (χ2v) is 9.74. The van der Waals surface area contributed by atoms with E-state index < -0.39 is 21.7 Å². The number of aliphatic hydroxyl groups excluding tert-OH is 1. The Morgan fingerprint density at radius 1 is 1.24 bits per heavy atom. The Balaban J connectivity index is 1.94. The van der Waals surface area contributed by atoms with Crippen LogP contribution in [-0.2, 0) is 24.1 Å². The highest BCUT2D eigenvalue weighted by atomic mass is 32.2. The zero-order chi connectivity index (χ0) is 21.2. The van der Waals surface area contributed by atoms with Crippen LogP contribution in [-0.4, -0.2) is 36.8 Å². The van der Waals surface area contributed by atoms with E-state index in [-0.39, 0.29) is 17.6 Å². The highest BCUT2D eigenvalue weighted by molar-refractivity contribution is 7.92. The number of fused-ring (bicyclic) bond motifs is 1. The summed E-state index contributed by atoms with van der Waals surface area (Å²) in [5.74, 6) is -0.487. The zero-order valence-corrected chi connectivity index (χ0v) is 17.6. The summed E-state index contributed by atoms with van der Waals surface area (Å²) < 4.78 is 27.6. The molecule has 154 valence electrons. The van der Waals surface area contributed by atoms with Gasteiger partial charge < -0.3 is 9.66 Å². The van der Waals surface area contributed by atoms with Crippen molar-refractivity contribution in [1.29, 1.82) is 0 Å². The molecular formula is C22H25FN2O3S. The van der Waals surface area contributed by atoms with Crippen molar-refractivity contribution in [1.82, 2.24) is 9.55 Å². The number of benzene rings is 2. The minimum Gasteiger partial charge on any atom is -0.616 e. The second-order valence-electron chi connectivity index (χ2n) is 7.73. The Morgan fingerprint density at radius 3 is 2.55 bits per heavy atom. The van der Waals surface area contributed by atoms with Gasteiger partial charge in [-0.2, -0.15) is 0 Å². The average molecular weight is 417 g/mol. The molecule has 7 heteroatoms. The van der Waals surface area contributed by atoms with Gasteiger partial charge in [0.15, 0.2) is 0 Å². The fourth-order valence-corrected chi connectivity index (χ4v) is 3.45. The van der Waals surface area contributed by atoms with E-state index in [0.29, 0.717) is 36.0 Å². The summed E-state index contributed by atoms with van der Waals surface area (Å²) in [5, 5.41) is 9.23. The third-order valence-electron chi connectivity index (χ3n) is 5.31. The number of aromatic nitrogens is 2. The molecule has 0 radical (unpaired) electrons. The van der Waals surface area contributed by atoms with Crippen molar-refractivity contribution >= 4 is 22.1 Å². The molecule has 0 fully saturated rings. The molecule has 0 aliphatic carbocycles. The lowest BCUT2D eigenvalue weighted by Crippen LogP contribution is -2.34. The van der Waals surface area contributed by atoms with Crippen LogP contribution in [0.4, 0.5) is 4.39 Å². The van der Waals surface area contributed by atoms with Crippen molar-refractivity contribution in [3.8, 4) is 11.1 Å². The molecule has 1 N–H and O–H groups in total. The van der Waals surface area contributed by atoms with Crippen LogP contribution >= 0.6 is 0 Å². The monoisotopic (exact) mass is 416 g/mol. The molecule has 1 atom stereocenters. The quantitative estimate of drug-likeness (QED) is 0.600. The standard InChI is InChI=1S/C22H25FN2O3S/c1-22(2,29(3)28)9-10-25-14-24-20-13-17(19(23)12-18(20)21(25)27)16-6-4-15(5-7-16)8-11-26/h4-7,12-14,26H,8-11H2,1-3H3. The molecular weight excluding hydrogens is 391 g/mol. The molecule has 0 aliphatic heterocycles. The fourth-order valence-electron chi connectivity index (χ4n) is 3.07. The maximum atomic E-state index is 14.8. The first-order valence-corrected chi connectivity index (χ1v) is 11.0. The molecule has 1 heterocycles. The zero-order valence-electron chi connectivity index (χ0n) is 16.8. The highest BCUT2D eigenvalue weighted by Crippen LogP contribution is 2.26. The third kappa shape index (κ3) is 4.69. The Hall–Kier alpha value is -2.22. The van der Waals surface area contributed by atoms with Crippen molar-refractivity contribution in [3.63, 3.8) is 0 Å². The molecule has 0 bridgehead atoms. The van der Waals surface area contributed by atoms with Gasteiger partial charge in [-0.3, -0.25) is 9.36 Å². The molecule has 2 aromatic carbocycles. The van der Waals surface area contributed by atoms with E-state index in [1.54, 1.807) is 24.5 Å². The van der Waals surface area contributed by atoms with E-state index in [4.69, 9.17) is 5.11 Å². The minimum atomic E-state index is -1.02. The van der Waals surface area contributed by atoms with Gasteiger partial charge in [-0.1, -0.05) is 35.4 Å². The van der Waals surface area contributed by atoms with Gasteiger partial charge in [0.2, 0.25) is 0 Å². The van der Waals surface area contributed by atoms with Crippen LogP contribution in [0.1, 0.15) is 25.8 Å². The first kappa shape index (κ1) is 21.5. The molecule has 0 aliphatic rings. The van der Waals surface area contributed by atoms with Gasteiger partial charge in [0.25, 0.3) is 5.56 Å². The van der Waals surface area contributed by atoms with Gasteiger partial charge in [-0.15, -0.1) is 0 Å². The predicted octanol–water partition coefficient (Wildman–Crippen LogP) is 3.28. The summed E-state index contributed by atoms with van der Waals surface area (Å²) in [4.78, 5) is 17.1. The molecule has 29 heavy (non-hydrogen) atoms. The molecule has 1 aromatic heterocycles. The minimum absolute atomic E-state index is 0.0607. The smallest absolute Gasteiger partial charge is 0.261 e. The highest BCUT2D eigenvalue weighted by Gasteiger charge is 2.28. The van der Waals surface area contributed by atoms with Crippen molar-refractivity contribution in [2.45, 2.75) is 38.0 Å². The second kappa shape index (κ2) is 8.65. The number of aliphatic hydroxyl groups is 1. The maximum absolute atomic E-state index is 14.8. The molecule has 0 spiro atoms. The summed E-state index contributed by atoms with van der Waals surface area (Å²) in [6.07, 6.45) is 4.20. The number of hydrogen-bond donors (Lipinski definition) is 1. The van der Waals surface area contributed by atoms with Crippen LogP contribution in [0.5, 0.6) is 0 Å². The number of halogens is 1. The van der Waals surface area contributed by atoms with Gasteiger partial charge in [-0.05, 0) is 43.5 Å². The van der Waals surface area contributed by atoms with Crippen LogP contribution < -0.4 is 5.56 Å². The molecule has 0 saturated carbocycles. The summed E-state index contributed by atoms with van der Waals surface area (Å²) >= 11 is -1.02. The van der Waals surface area contributed by atoms with Crippen LogP contribution in [0.2, 0.25) is 0 Å². The Bertz CT molecular complexity index is 1060. The molecule has 1 unspecified atom stereocenters. The van der Waals surface area contributed by atoms with Crippen LogP contribution in [0.3, 0.4) is 0 Å². The molecule has 3 aromatic rings. The van der Waals surface area contributed by atoms with E-state index in [2.05, 4.69) is 4.98 Å². The lowest BCUT2D eigenvalue weighted by atomic mass is 10.0. The van der Waals surface area contributed by atoms with Gasteiger partial charge in [0, 0.05) is 25.1 Å². The Kier molecular flexibility index (Phi) is 6.41. The number of aryl methyl sites for hydroxylation is 1. The maximum Gasteiger partial charge on any atom is 0.261 e. The Morgan fingerprint density at radius 2 is 1.93 bits per heavy atom. The van der Waals surface area contributed by atoms with Crippen LogP contribution in [0.25, 0.3) is 22.0 Å². The molecule has 0 amide bonds.